The number of carboxylic acid groups (broad SMARTS) is 1. The third kappa shape index (κ3) is 3.11. The lowest BCUT2D eigenvalue weighted by Gasteiger charge is -2.38. The summed E-state index contributed by atoms with van der Waals surface area (Å²) in [4.78, 5) is 23.1. The van der Waals surface area contributed by atoms with Crippen molar-refractivity contribution in [3.8, 4) is 0 Å². The van der Waals surface area contributed by atoms with Crippen LogP contribution in [0.1, 0.15) is 27.2 Å². The minimum absolute atomic E-state index is 0.0836. The van der Waals surface area contributed by atoms with Crippen LogP contribution >= 0.6 is 0 Å². The fraction of sp³-hybridized carbons (Fsp3) is 0.833. The number of amides is 1. The Bertz CT molecular complexity index is 337. The van der Waals surface area contributed by atoms with Gasteiger partial charge in [-0.3, -0.25) is 4.90 Å². The molecule has 5 nitrogen and oxygen atoms in total. The maximum absolute atomic E-state index is 11.0. The maximum atomic E-state index is 11.0. The van der Waals surface area contributed by atoms with E-state index in [0.29, 0.717) is 19.3 Å². The predicted octanol–water partition coefficient (Wildman–Crippen LogP) is 2.33. The van der Waals surface area contributed by atoms with Crippen molar-refractivity contribution in [1.29, 1.82) is 0 Å². The van der Waals surface area contributed by atoms with Gasteiger partial charge in [0.05, 0.1) is 12.1 Å². The van der Waals surface area contributed by atoms with E-state index < -0.39 is 20.5 Å². The van der Waals surface area contributed by atoms with Crippen molar-refractivity contribution < 1.29 is 19.1 Å². The average molecular weight is 273 g/mol. The van der Waals surface area contributed by atoms with E-state index in [9.17, 15) is 9.59 Å². The van der Waals surface area contributed by atoms with Crippen molar-refractivity contribution in [2.45, 2.75) is 57.5 Å². The summed E-state index contributed by atoms with van der Waals surface area (Å²) in [6, 6.07) is -0.558. The van der Waals surface area contributed by atoms with E-state index in [4.69, 9.17) is 9.53 Å². The van der Waals surface area contributed by atoms with Gasteiger partial charge in [-0.25, -0.2) is 4.79 Å². The summed E-state index contributed by atoms with van der Waals surface area (Å²) in [6.07, 6.45) is -0.0311. The molecule has 6 heteroatoms. The summed E-state index contributed by atoms with van der Waals surface area (Å²) in [5.41, 5.74) is 0. The van der Waals surface area contributed by atoms with Gasteiger partial charge < -0.3 is 14.3 Å². The highest BCUT2D eigenvalue weighted by molar-refractivity contribution is 6.74. The van der Waals surface area contributed by atoms with Crippen LogP contribution < -0.4 is 0 Å². The average Bonchev–Trinajstić information content (AvgIpc) is 2.58. The zero-order chi connectivity index (χ0) is 14.1. The van der Waals surface area contributed by atoms with Gasteiger partial charge in [0.1, 0.15) is 6.29 Å². The molecule has 0 aliphatic carbocycles. The fourth-order valence-electron chi connectivity index (χ4n) is 1.85. The molecule has 104 valence electrons. The van der Waals surface area contributed by atoms with Crippen LogP contribution in [0, 0.1) is 0 Å². The molecule has 0 spiro atoms. The van der Waals surface area contributed by atoms with Crippen molar-refractivity contribution >= 4 is 20.7 Å². The van der Waals surface area contributed by atoms with Gasteiger partial charge in [0, 0.05) is 13.0 Å². The van der Waals surface area contributed by atoms with Crippen molar-refractivity contribution in [3.63, 3.8) is 0 Å². The van der Waals surface area contributed by atoms with Crippen molar-refractivity contribution in [2.75, 3.05) is 6.54 Å². The summed E-state index contributed by atoms with van der Waals surface area (Å²) in [7, 11) is -1.91. The molecule has 1 heterocycles. The third-order valence-corrected chi connectivity index (χ3v) is 8.51. The van der Waals surface area contributed by atoms with Crippen molar-refractivity contribution in [2.24, 2.45) is 0 Å². The van der Waals surface area contributed by atoms with Crippen LogP contribution in [0.15, 0.2) is 0 Å². The topological polar surface area (TPSA) is 66.8 Å². The highest BCUT2D eigenvalue weighted by atomic mass is 28.4. The molecule has 1 N–H and O–H groups in total. The zero-order valence-corrected chi connectivity index (χ0v) is 12.8. The van der Waals surface area contributed by atoms with Gasteiger partial charge in [-0.15, -0.1) is 0 Å². The van der Waals surface area contributed by atoms with Crippen LogP contribution in [0.3, 0.4) is 0 Å². The monoisotopic (exact) mass is 273 g/mol. The molecule has 0 radical (unpaired) electrons. The normalized spacial score (nSPS) is 25.3. The van der Waals surface area contributed by atoms with Crippen molar-refractivity contribution in [1.82, 2.24) is 4.90 Å². The Morgan fingerprint density at radius 1 is 1.44 bits per heavy atom. The largest absolute Gasteiger partial charge is 0.465 e. The number of likely N-dealkylation sites (tertiary alicyclic amines) is 1. The first-order valence-electron chi connectivity index (χ1n) is 6.21. The minimum atomic E-state index is -1.91. The van der Waals surface area contributed by atoms with Crippen molar-refractivity contribution in [3.05, 3.63) is 0 Å². The molecule has 1 rings (SSSR count). The van der Waals surface area contributed by atoms with E-state index in [2.05, 4.69) is 33.9 Å². The van der Waals surface area contributed by atoms with Crippen LogP contribution in [-0.4, -0.2) is 49.4 Å². The Kier molecular flexibility index (Phi) is 4.22. The van der Waals surface area contributed by atoms with Gasteiger partial charge in [-0.2, -0.15) is 0 Å². The number of hydrogen-bond donors (Lipinski definition) is 1. The summed E-state index contributed by atoms with van der Waals surface area (Å²) >= 11 is 0. The number of hydrogen-bond acceptors (Lipinski definition) is 3. The van der Waals surface area contributed by atoms with E-state index in [1.54, 1.807) is 0 Å². The highest BCUT2D eigenvalue weighted by Crippen LogP contribution is 2.38. The molecule has 1 unspecified atom stereocenters. The Labute approximate surface area is 109 Å². The van der Waals surface area contributed by atoms with Gasteiger partial charge in [-0.05, 0) is 18.1 Å². The molecular formula is C12H23NO4Si. The lowest BCUT2D eigenvalue weighted by Crippen LogP contribution is -2.44. The Balaban J connectivity index is 2.72. The number of nitrogens with zero attached hydrogens (tertiary/aromatic N) is 1. The number of carbonyl (C=O) groups is 2. The first kappa shape index (κ1) is 15.2. The second-order valence-corrected chi connectivity index (χ2v) is 11.1. The quantitative estimate of drug-likeness (QED) is 0.633. The Hall–Kier alpha value is -0.883. The molecule has 1 fully saturated rings. The molecule has 18 heavy (non-hydrogen) atoms. The lowest BCUT2D eigenvalue weighted by molar-refractivity contribution is -0.111. The predicted molar refractivity (Wildman–Crippen MR) is 71.3 cm³/mol. The number of carbonyl (C=O) groups excluding carboxylic acids is 1. The van der Waals surface area contributed by atoms with E-state index in [1.165, 1.54) is 4.90 Å². The molecular weight excluding hydrogens is 250 g/mol. The second-order valence-electron chi connectivity index (χ2n) is 6.37. The molecule has 1 saturated heterocycles. The third-order valence-electron chi connectivity index (χ3n) is 3.98. The molecule has 2 atom stereocenters. The van der Waals surface area contributed by atoms with E-state index >= 15 is 0 Å². The lowest BCUT2D eigenvalue weighted by atomic mass is 10.2. The Morgan fingerprint density at radius 2 is 2.00 bits per heavy atom. The summed E-state index contributed by atoms with van der Waals surface area (Å²) < 4.78 is 6.15. The minimum Gasteiger partial charge on any atom is -0.465 e. The van der Waals surface area contributed by atoms with E-state index in [1.807, 2.05) is 0 Å². The summed E-state index contributed by atoms with van der Waals surface area (Å²) in [6.45, 7) is 11.0. The smallest absolute Gasteiger partial charge is 0.407 e. The van der Waals surface area contributed by atoms with Crippen LogP contribution in [0.25, 0.3) is 0 Å². The SMILES string of the molecule is CC(C)(C)[Si](C)(C)O[C@H]1CC(C=O)N(C(=O)O)C1. The van der Waals surface area contributed by atoms with Gasteiger partial charge >= 0.3 is 6.09 Å². The molecule has 1 aliphatic rings. The molecule has 0 aromatic heterocycles. The van der Waals surface area contributed by atoms with Gasteiger partial charge in [-0.1, -0.05) is 20.8 Å². The molecule has 0 aromatic rings. The van der Waals surface area contributed by atoms with Gasteiger partial charge in [0.25, 0.3) is 0 Å². The van der Waals surface area contributed by atoms with Crippen LogP contribution in [-0.2, 0) is 9.22 Å². The number of rotatable bonds is 3. The maximum Gasteiger partial charge on any atom is 0.407 e. The molecule has 0 bridgehead atoms. The Morgan fingerprint density at radius 3 is 2.33 bits per heavy atom. The van der Waals surface area contributed by atoms with Gasteiger partial charge in [0.15, 0.2) is 8.32 Å². The molecule has 0 saturated carbocycles. The first-order chi connectivity index (χ1) is 8.08. The number of aldehydes is 1. The van der Waals surface area contributed by atoms with E-state index in [0.717, 1.165) is 0 Å². The zero-order valence-electron chi connectivity index (χ0n) is 11.8. The summed E-state index contributed by atoms with van der Waals surface area (Å²) in [5, 5.41) is 9.10. The summed E-state index contributed by atoms with van der Waals surface area (Å²) in [5.74, 6) is 0. The molecule has 0 aromatic carbocycles. The molecule has 1 amide bonds. The standard InChI is InChI=1S/C12H23NO4Si/c1-12(2,3)18(4,5)17-10-6-9(8-14)13(7-10)11(15)16/h8-10H,6-7H2,1-5H3,(H,15,16)/t9?,10-/m0/s1. The first-order valence-corrected chi connectivity index (χ1v) is 9.12. The van der Waals surface area contributed by atoms with Crippen LogP contribution in [0.2, 0.25) is 18.1 Å². The highest BCUT2D eigenvalue weighted by Gasteiger charge is 2.43. The van der Waals surface area contributed by atoms with E-state index in [-0.39, 0.29) is 11.1 Å². The van der Waals surface area contributed by atoms with Gasteiger partial charge in [0.2, 0.25) is 0 Å². The van der Waals surface area contributed by atoms with Crippen LogP contribution in [0.5, 0.6) is 0 Å². The molecule has 1 aliphatic heterocycles. The van der Waals surface area contributed by atoms with Crippen LogP contribution in [0.4, 0.5) is 4.79 Å². The second kappa shape index (κ2) is 5.01. The fourth-order valence-corrected chi connectivity index (χ4v) is 3.21.